The zero-order valence-corrected chi connectivity index (χ0v) is 10.8. The van der Waals surface area contributed by atoms with Crippen LogP contribution in [0, 0.1) is 0 Å². The van der Waals surface area contributed by atoms with Crippen molar-refractivity contribution in [2.45, 2.75) is 12.2 Å². The lowest BCUT2D eigenvalue weighted by molar-refractivity contribution is 0.678. The molecule has 0 amide bonds. The first-order valence-corrected chi connectivity index (χ1v) is 6.72. The molecule has 0 radical (unpaired) electrons. The smallest absolute Gasteiger partial charge is 0.223 e. The predicted molar refractivity (Wildman–Crippen MR) is 69.9 cm³/mol. The molecule has 2 atom stereocenters. The Morgan fingerprint density at radius 2 is 2.44 bits per heavy atom. The van der Waals surface area contributed by atoms with Gasteiger partial charge in [-0.3, -0.25) is 4.21 Å². The van der Waals surface area contributed by atoms with Gasteiger partial charge in [0, 0.05) is 35.0 Å². The maximum atomic E-state index is 11.1. The van der Waals surface area contributed by atoms with Gasteiger partial charge in [-0.15, -0.1) is 0 Å². The molecule has 0 saturated heterocycles. The van der Waals surface area contributed by atoms with Gasteiger partial charge in [0.15, 0.2) is 0 Å². The lowest BCUT2D eigenvalue weighted by Crippen LogP contribution is -2.22. The van der Waals surface area contributed by atoms with Crippen LogP contribution in [0.1, 0.15) is 12.6 Å². The van der Waals surface area contributed by atoms with E-state index in [2.05, 4.69) is 15.3 Å². The monoisotopic (exact) mass is 258 g/mol. The quantitative estimate of drug-likeness (QED) is 0.739. The molecule has 1 heterocycles. The average Bonchev–Trinajstić information content (AvgIpc) is 2.26. The van der Waals surface area contributed by atoms with Gasteiger partial charge in [0.2, 0.25) is 5.95 Å². The molecule has 0 aromatic carbocycles. The molecule has 88 valence electrons. The van der Waals surface area contributed by atoms with Gasteiger partial charge in [-0.25, -0.2) is 9.97 Å². The van der Waals surface area contributed by atoms with Crippen molar-refractivity contribution < 1.29 is 4.21 Å². The summed E-state index contributed by atoms with van der Waals surface area (Å²) in [6.45, 7) is 2.43. The Kier molecular flexibility index (Phi) is 4.75. The van der Waals surface area contributed by atoms with E-state index in [1.807, 2.05) is 6.92 Å². The summed E-state index contributed by atoms with van der Waals surface area (Å²) in [6.07, 6.45) is 3.25. The number of thiocarbonyl (C=S) groups is 1. The Balaban J connectivity index is 2.64. The van der Waals surface area contributed by atoms with Crippen LogP contribution in [-0.2, 0) is 10.8 Å². The summed E-state index contributed by atoms with van der Waals surface area (Å²) in [7, 11) is -0.867. The Morgan fingerprint density at radius 3 is 3.00 bits per heavy atom. The van der Waals surface area contributed by atoms with E-state index in [1.54, 1.807) is 18.5 Å². The van der Waals surface area contributed by atoms with Gasteiger partial charge in [0.25, 0.3) is 0 Å². The van der Waals surface area contributed by atoms with Crippen molar-refractivity contribution in [3.63, 3.8) is 0 Å². The molecule has 7 heteroatoms. The molecule has 0 aliphatic heterocycles. The van der Waals surface area contributed by atoms with E-state index in [1.165, 1.54) is 0 Å². The minimum atomic E-state index is -0.867. The minimum absolute atomic E-state index is 0.0390. The van der Waals surface area contributed by atoms with Crippen LogP contribution in [0.25, 0.3) is 0 Å². The fraction of sp³-hybridized carbons (Fsp3) is 0.444. The summed E-state index contributed by atoms with van der Waals surface area (Å²) in [6, 6.07) is 1.65. The fourth-order valence-electron chi connectivity index (χ4n) is 0.933. The van der Waals surface area contributed by atoms with E-state index < -0.39 is 10.8 Å². The largest absolute Gasteiger partial charge is 0.388 e. The molecular formula is C9H14N4OS2. The molecule has 0 fully saturated rings. The minimum Gasteiger partial charge on any atom is -0.388 e. The lowest BCUT2D eigenvalue weighted by atomic mass is 10.4. The summed E-state index contributed by atoms with van der Waals surface area (Å²) in [4.78, 5) is 8.37. The van der Waals surface area contributed by atoms with Gasteiger partial charge in [-0.2, -0.15) is 0 Å². The van der Waals surface area contributed by atoms with E-state index in [-0.39, 0.29) is 10.2 Å². The first kappa shape index (κ1) is 13.0. The molecule has 0 aliphatic carbocycles. The van der Waals surface area contributed by atoms with Crippen LogP contribution >= 0.6 is 12.2 Å². The molecule has 1 aromatic heterocycles. The van der Waals surface area contributed by atoms with Crippen molar-refractivity contribution in [1.82, 2.24) is 9.97 Å². The van der Waals surface area contributed by atoms with Crippen LogP contribution in [0.5, 0.6) is 0 Å². The lowest BCUT2D eigenvalue weighted by Gasteiger charge is -2.09. The maximum absolute atomic E-state index is 11.1. The van der Waals surface area contributed by atoms with Crippen LogP contribution in [0.2, 0.25) is 0 Å². The van der Waals surface area contributed by atoms with Crippen LogP contribution < -0.4 is 11.1 Å². The highest BCUT2D eigenvalue weighted by Crippen LogP contribution is 2.01. The fourth-order valence-corrected chi connectivity index (χ4v) is 1.37. The van der Waals surface area contributed by atoms with Crippen LogP contribution in [0.4, 0.5) is 5.95 Å². The number of anilines is 1. The first-order chi connectivity index (χ1) is 7.50. The molecule has 0 saturated carbocycles. The third-order valence-corrected chi connectivity index (χ3v) is 3.53. The van der Waals surface area contributed by atoms with Crippen molar-refractivity contribution in [1.29, 1.82) is 0 Å². The van der Waals surface area contributed by atoms with Gasteiger partial charge >= 0.3 is 0 Å². The molecule has 0 spiro atoms. The highest BCUT2D eigenvalue weighted by molar-refractivity contribution is 7.84. The molecule has 1 aromatic rings. The number of hydrogen-bond donors (Lipinski definition) is 2. The van der Waals surface area contributed by atoms with Gasteiger partial charge < -0.3 is 11.1 Å². The summed E-state index contributed by atoms with van der Waals surface area (Å²) < 4.78 is 11.1. The second kappa shape index (κ2) is 5.86. The molecule has 1 rings (SSSR count). The van der Waals surface area contributed by atoms with Gasteiger partial charge in [0.1, 0.15) is 10.7 Å². The summed E-state index contributed by atoms with van der Waals surface area (Å²) in [5.41, 5.74) is 5.98. The molecule has 16 heavy (non-hydrogen) atoms. The summed E-state index contributed by atoms with van der Waals surface area (Å²) in [5.74, 6) is 0.447. The molecule has 5 nitrogen and oxygen atoms in total. The van der Waals surface area contributed by atoms with Crippen LogP contribution in [0.3, 0.4) is 0 Å². The number of nitrogens with zero attached hydrogens (tertiary/aromatic N) is 2. The number of rotatable bonds is 5. The molecule has 0 aliphatic rings. The van der Waals surface area contributed by atoms with Crippen molar-refractivity contribution in [2.75, 3.05) is 18.1 Å². The zero-order chi connectivity index (χ0) is 12.1. The van der Waals surface area contributed by atoms with Gasteiger partial charge in [-0.1, -0.05) is 12.2 Å². The SMILES string of the molecule is CC(CNc1nccc(C(N)=S)n1)S(C)=O. The summed E-state index contributed by atoms with van der Waals surface area (Å²) in [5, 5.41) is 3.03. The number of nitrogens with two attached hydrogens (primary N) is 1. The average molecular weight is 258 g/mol. The van der Waals surface area contributed by atoms with E-state index in [9.17, 15) is 4.21 Å². The van der Waals surface area contributed by atoms with E-state index in [0.717, 1.165) is 0 Å². The van der Waals surface area contributed by atoms with Gasteiger partial charge in [0.05, 0.1) is 0 Å². The van der Waals surface area contributed by atoms with Crippen LogP contribution in [-0.4, -0.2) is 37.2 Å². The third kappa shape index (κ3) is 3.82. The van der Waals surface area contributed by atoms with Crippen molar-refractivity contribution in [3.8, 4) is 0 Å². The highest BCUT2D eigenvalue weighted by atomic mass is 32.2. The normalized spacial score (nSPS) is 14.1. The predicted octanol–water partition coefficient (Wildman–Crippen LogP) is 0.290. The highest BCUT2D eigenvalue weighted by Gasteiger charge is 2.07. The topological polar surface area (TPSA) is 80.9 Å². The Labute approximate surface area is 102 Å². The zero-order valence-electron chi connectivity index (χ0n) is 9.14. The second-order valence-electron chi connectivity index (χ2n) is 3.32. The molecule has 2 unspecified atom stereocenters. The Hall–Kier alpha value is -1.08. The van der Waals surface area contributed by atoms with Crippen LogP contribution in [0.15, 0.2) is 12.3 Å². The molecule has 3 N–H and O–H groups in total. The maximum Gasteiger partial charge on any atom is 0.223 e. The number of aromatic nitrogens is 2. The van der Waals surface area contributed by atoms with Crippen molar-refractivity contribution in [3.05, 3.63) is 18.0 Å². The number of hydrogen-bond acceptors (Lipinski definition) is 5. The third-order valence-electron chi connectivity index (χ3n) is 2.02. The second-order valence-corrected chi connectivity index (χ2v) is 5.56. The molecule has 0 bridgehead atoms. The Morgan fingerprint density at radius 1 is 1.75 bits per heavy atom. The van der Waals surface area contributed by atoms with Crippen molar-refractivity contribution >= 4 is 34.0 Å². The summed E-state index contributed by atoms with van der Waals surface area (Å²) >= 11 is 4.81. The molecular weight excluding hydrogens is 244 g/mol. The van der Waals surface area contributed by atoms with Gasteiger partial charge in [-0.05, 0) is 13.0 Å². The standard InChI is InChI=1S/C9H14N4OS2/c1-6(16(2)14)5-12-9-11-4-3-7(13-9)8(10)15/h3-4,6H,5H2,1-2H3,(H2,10,15)(H,11,12,13). The first-order valence-electron chi connectivity index (χ1n) is 4.69. The van der Waals surface area contributed by atoms with Crippen molar-refractivity contribution in [2.24, 2.45) is 5.73 Å². The van der Waals surface area contributed by atoms with E-state index in [4.69, 9.17) is 18.0 Å². The van der Waals surface area contributed by atoms with E-state index >= 15 is 0 Å². The Bertz CT molecular complexity index is 410. The number of nitrogens with one attached hydrogen (secondary N) is 1. The van der Waals surface area contributed by atoms with E-state index in [0.29, 0.717) is 18.2 Å².